The van der Waals surface area contributed by atoms with Gasteiger partial charge < -0.3 is 4.57 Å². The molecule has 3 rings (SSSR count). The summed E-state index contributed by atoms with van der Waals surface area (Å²) in [4.78, 5) is 8.31. The van der Waals surface area contributed by atoms with Crippen LogP contribution in [0.5, 0.6) is 0 Å². The number of halogens is 1. The molecular weight excluding hydrogens is 241 g/mol. The standard InChI is InChI=1S/C15H12FN3/c16-13-6-7-14(17-8-13)15-10-19(11-18-15)9-12-4-2-1-3-5-12/h1-8,10-11H,9H2. The van der Waals surface area contributed by atoms with Gasteiger partial charge in [-0.15, -0.1) is 0 Å². The number of benzene rings is 1. The van der Waals surface area contributed by atoms with Gasteiger partial charge in [0.15, 0.2) is 0 Å². The fraction of sp³-hybridized carbons (Fsp3) is 0.0667. The van der Waals surface area contributed by atoms with E-state index in [1.165, 1.54) is 17.8 Å². The molecule has 0 unspecified atom stereocenters. The Labute approximate surface area is 110 Å². The molecule has 0 bridgehead atoms. The Hall–Kier alpha value is -2.49. The summed E-state index contributed by atoms with van der Waals surface area (Å²) in [5.74, 6) is -0.340. The van der Waals surface area contributed by atoms with Crippen molar-refractivity contribution in [1.29, 1.82) is 0 Å². The average Bonchev–Trinajstić information content (AvgIpc) is 2.89. The molecule has 94 valence electrons. The maximum absolute atomic E-state index is 12.8. The van der Waals surface area contributed by atoms with Crippen LogP contribution in [0.3, 0.4) is 0 Å². The van der Waals surface area contributed by atoms with Crippen molar-refractivity contribution in [2.45, 2.75) is 6.54 Å². The Balaban J connectivity index is 1.82. The number of rotatable bonds is 3. The molecule has 1 aromatic carbocycles. The topological polar surface area (TPSA) is 30.7 Å². The van der Waals surface area contributed by atoms with Crippen LogP contribution >= 0.6 is 0 Å². The van der Waals surface area contributed by atoms with Crippen LogP contribution in [0.4, 0.5) is 4.39 Å². The van der Waals surface area contributed by atoms with E-state index < -0.39 is 0 Å². The van der Waals surface area contributed by atoms with Crippen molar-refractivity contribution in [3.8, 4) is 11.4 Å². The van der Waals surface area contributed by atoms with E-state index in [1.807, 2.05) is 29.0 Å². The van der Waals surface area contributed by atoms with Crippen LogP contribution in [0.1, 0.15) is 5.56 Å². The van der Waals surface area contributed by atoms with E-state index >= 15 is 0 Å². The van der Waals surface area contributed by atoms with Crippen LogP contribution in [-0.2, 0) is 6.54 Å². The first-order valence-corrected chi connectivity index (χ1v) is 5.99. The number of hydrogen-bond acceptors (Lipinski definition) is 2. The summed E-state index contributed by atoms with van der Waals surface area (Å²) < 4.78 is 14.8. The van der Waals surface area contributed by atoms with Crippen LogP contribution < -0.4 is 0 Å². The minimum Gasteiger partial charge on any atom is -0.332 e. The minimum absolute atomic E-state index is 0.340. The van der Waals surface area contributed by atoms with Crippen molar-refractivity contribution in [1.82, 2.24) is 14.5 Å². The second kappa shape index (κ2) is 5.02. The highest BCUT2D eigenvalue weighted by molar-refractivity contribution is 5.52. The third kappa shape index (κ3) is 2.68. The molecule has 2 aromatic heterocycles. The van der Waals surface area contributed by atoms with Gasteiger partial charge in [-0.05, 0) is 17.7 Å². The zero-order valence-corrected chi connectivity index (χ0v) is 10.2. The quantitative estimate of drug-likeness (QED) is 0.718. The van der Waals surface area contributed by atoms with Gasteiger partial charge >= 0.3 is 0 Å². The second-order valence-electron chi connectivity index (χ2n) is 4.28. The van der Waals surface area contributed by atoms with E-state index in [0.29, 0.717) is 5.69 Å². The van der Waals surface area contributed by atoms with E-state index in [0.717, 1.165) is 12.2 Å². The first kappa shape index (κ1) is 11.6. The molecule has 0 saturated heterocycles. The Morgan fingerprint density at radius 2 is 1.79 bits per heavy atom. The number of nitrogens with zero attached hydrogens (tertiary/aromatic N) is 3. The Morgan fingerprint density at radius 3 is 2.53 bits per heavy atom. The number of aromatic nitrogens is 3. The molecule has 0 saturated carbocycles. The van der Waals surface area contributed by atoms with E-state index in [2.05, 4.69) is 22.1 Å². The molecule has 0 amide bonds. The molecule has 0 aliphatic rings. The van der Waals surface area contributed by atoms with Crippen molar-refractivity contribution < 1.29 is 4.39 Å². The minimum atomic E-state index is -0.340. The van der Waals surface area contributed by atoms with Crippen LogP contribution in [0.25, 0.3) is 11.4 Å². The van der Waals surface area contributed by atoms with Crippen LogP contribution in [0.2, 0.25) is 0 Å². The molecule has 3 aromatic rings. The molecule has 2 heterocycles. The second-order valence-corrected chi connectivity index (χ2v) is 4.28. The van der Waals surface area contributed by atoms with Gasteiger partial charge in [-0.25, -0.2) is 9.37 Å². The van der Waals surface area contributed by atoms with Crippen LogP contribution in [0, 0.1) is 5.82 Å². The molecule has 4 heteroatoms. The molecule has 3 nitrogen and oxygen atoms in total. The molecule has 0 N–H and O–H groups in total. The first-order chi connectivity index (χ1) is 9.31. The lowest BCUT2D eigenvalue weighted by atomic mass is 10.2. The van der Waals surface area contributed by atoms with Gasteiger partial charge in [0.25, 0.3) is 0 Å². The highest BCUT2D eigenvalue weighted by Crippen LogP contribution is 2.14. The fourth-order valence-electron chi connectivity index (χ4n) is 1.90. The predicted molar refractivity (Wildman–Crippen MR) is 71.0 cm³/mol. The lowest BCUT2D eigenvalue weighted by molar-refractivity contribution is 0.622. The fourth-order valence-corrected chi connectivity index (χ4v) is 1.90. The van der Waals surface area contributed by atoms with Crippen LogP contribution in [-0.4, -0.2) is 14.5 Å². The number of pyridine rings is 1. The van der Waals surface area contributed by atoms with Gasteiger partial charge in [-0.3, -0.25) is 4.98 Å². The molecule has 0 radical (unpaired) electrons. The average molecular weight is 253 g/mol. The van der Waals surface area contributed by atoms with Crippen molar-refractivity contribution in [2.75, 3.05) is 0 Å². The normalized spacial score (nSPS) is 10.6. The highest BCUT2D eigenvalue weighted by atomic mass is 19.1. The summed E-state index contributed by atoms with van der Waals surface area (Å²) in [7, 11) is 0. The number of imidazole rings is 1. The van der Waals surface area contributed by atoms with E-state index in [-0.39, 0.29) is 5.82 Å². The molecule has 0 spiro atoms. The van der Waals surface area contributed by atoms with Crippen molar-refractivity contribution in [2.24, 2.45) is 0 Å². The summed E-state index contributed by atoms with van der Waals surface area (Å²) in [6.07, 6.45) is 4.87. The summed E-state index contributed by atoms with van der Waals surface area (Å²) in [5.41, 5.74) is 2.63. The summed E-state index contributed by atoms with van der Waals surface area (Å²) in [6.45, 7) is 0.759. The van der Waals surface area contributed by atoms with Crippen molar-refractivity contribution in [3.63, 3.8) is 0 Å². The molecule has 0 aliphatic heterocycles. The van der Waals surface area contributed by atoms with E-state index in [9.17, 15) is 4.39 Å². The van der Waals surface area contributed by atoms with Gasteiger partial charge in [0.2, 0.25) is 0 Å². The zero-order chi connectivity index (χ0) is 13.1. The molecule has 0 aliphatic carbocycles. The van der Waals surface area contributed by atoms with Crippen LogP contribution in [0.15, 0.2) is 61.2 Å². The van der Waals surface area contributed by atoms with E-state index in [1.54, 1.807) is 12.4 Å². The third-order valence-electron chi connectivity index (χ3n) is 2.83. The lowest BCUT2D eigenvalue weighted by Gasteiger charge is -2.01. The van der Waals surface area contributed by atoms with Gasteiger partial charge in [-0.1, -0.05) is 30.3 Å². The van der Waals surface area contributed by atoms with Gasteiger partial charge in [0.1, 0.15) is 11.5 Å². The highest BCUT2D eigenvalue weighted by Gasteiger charge is 2.04. The van der Waals surface area contributed by atoms with Gasteiger partial charge in [0, 0.05) is 12.7 Å². The Kier molecular flexibility index (Phi) is 3.06. The van der Waals surface area contributed by atoms with Crippen molar-refractivity contribution >= 4 is 0 Å². The molecule has 0 fully saturated rings. The smallest absolute Gasteiger partial charge is 0.141 e. The summed E-state index contributed by atoms with van der Waals surface area (Å²) in [5, 5.41) is 0. The lowest BCUT2D eigenvalue weighted by Crippen LogP contribution is -1.95. The molecule has 0 atom stereocenters. The Bertz CT molecular complexity index is 659. The molecular formula is C15H12FN3. The van der Waals surface area contributed by atoms with Crippen molar-refractivity contribution in [3.05, 3.63) is 72.6 Å². The van der Waals surface area contributed by atoms with Gasteiger partial charge in [-0.2, -0.15) is 0 Å². The first-order valence-electron chi connectivity index (χ1n) is 5.99. The maximum atomic E-state index is 12.8. The Morgan fingerprint density at radius 1 is 0.947 bits per heavy atom. The number of hydrogen-bond donors (Lipinski definition) is 0. The largest absolute Gasteiger partial charge is 0.332 e. The summed E-state index contributed by atoms with van der Waals surface area (Å²) >= 11 is 0. The third-order valence-corrected chi connectivity index (χ3v) is 2.83. The SMILES string of the molecule is Fc1ccc(-c2cn(Cc3ccccc3)cn2)nc1. The predicted octanol–water partition coefficient (Wildman–Crippen LogP) is 3.13. The monoisotopic (exact) mass is 253 g/mol. The zero-order valence-electron chi connectivity index (χ0n) is 10.2. The molecule has 19 heavy (non-hydrogen) atoms. The maximum Gasteiger partial charge on any atom is 0.141 e. The van der Waals surface area contributed by atoms with E-state index in [4.69, 9.17) is 0 Å². The van der Waals surface area contributed by atoms with Gasteiger partial charge in [0.05, 0.1) is 18.2 Å². The summed E-state index contributed by atoms with van der Waals surface area (Å²) in [6, 6.07) is 13.2.